The molecule has 0 radical (unpaired) electrons. The number of carbonyl (C=O) groups is 4. The number of anilines is 1. The zero-order valence-corrected chi connectivity index (χ0v) is 24.8. The number of piperazine rings is 1. The summed E-state index contributed by atoms with van der Waals surface area (Å²) in [6, 6.07) is 8.28. The van der Waals surface area contributed by atoms with Crippen molar-refractivity contribution in [3.05, 3.63) is 58.9 Å². The number of benzene rings is 2. The molecule has 0 aromatic heterocycles. The van der Waals surface area contributed by atoms with Gasteiger partial charge in [-0.1, -0.05) is 19.3 Å². The summed E-state index contributed by atoms with van der Waals surface area (Å²) >= 11 is 0. The van der Waals surface area contributed by atoms with Crippen LogP contribution in [0.4, 0.5) is 10.1 Å². The highest BCUT2D eigenvalue weighted by molar-refractivity contribution is 6.00. The lowest BCUT2D eigenvalue weighted by Gasteiger charge is -2.40. The third-order valence-corrected chi connectivity index (χ3v) is 8.55. The van der Waals surface area contributed by atoms with E-state index < -0.39 is 29.6 Å². The van der Waals surface area contributed by atoms with Crippen molar-refractivity contribution < 1.29 is 28.3 Å². The predicted molar refractivity (Wildman–Crippen MR) is 160 cm³/mol. The average Bonchev–Trinajstić information content (AvgIpc) is 3.53. The van der Waals surface area contributed by atoms with Crippen LogP contribution in [0.2, 0.25) is 0 Å². The fourth-order valence-electron chi connectivity index (χ4n) is 6.37. The molecule has 2 aliphatic heterocycles. The van der Waals surface area contributed by atoms with Crippen LogP contribution in [0.15, 0.2) is 36.4 Å². The smallest absolute Gasteiger partial charge is 0.254 e. The Morgan fingerprint density at radius 3 is 2.44 bits per heavy atom. The molecule has 2 aromatic carbocycles. The molecule has 11 heteroatoms. The van der Waals surface area contributed by atoms with Gasteiger partial charge in [-0.25, -0.2) is 4.39 Å². The number of nitrogens with one attached hydrogen (secondary N) is 3. The van der Waals surface area contributed by atoms with E-state index in [1.54, 1.807) is 6.07 Å². The van der Waals surface area contributed by atoms with Crippen LogP contribution in [0, 0.1) is 5.82 Å². The lowest BCUT2D eigenvalue weighted by molar-refractivity contribution is -0.126. The summed E-state index contributed by atoms with van der Waals surface area (Å²) in [6.07, 6.45) is 6.61. The molecule has 230 valence electrons. The van der Waals surface area contributed by atoms with Gasteiger partial charge in [0.2, 0.25) is 11.8 Å². The molecule has 43 heavy (non-hydrogen) atoms. The number of rotatable bonds is 7. The van der Waals surface area contributed by atoms with E-state index in [2.05, 4.69) is 16.0 Å². The summed E-state index contributed by atoms with van der Waals surface area (Å²) in [6.45, 7) is 3.25. The molecule has 2 heterocycles. The summed E-state index contributed by atoms with van der Waals surface area (Å²) in [5.41, 5.74) is 1.74. The van der Waals surface area contributed by atoms with Crippen molar-refractivity contribution in [3.8, 4) is 5.75 Å². The summed E-state index contributed by atoms with van der Waals surface area (Å²) in [7, 11) is 1.49. The number of hydrogen-bond donors (Lipinski definition) is 3. The molecule has 4 amide bonds. The zero-order chi connectivity index (χ0) is 30.5. The normalized spacial score (nSPS) is 20.9. The molecular formula is C32H40FN5O5. The van der Waals surface area contributed by atoms with Gasteiger partial charge in [0.15, 0.2) is 0 Å². The Bertz CT molecular complexity index is 1370. The SMILES string of the molecule is CNC(=O)C1CN(C(=O)c2cc(F)cc(NC(C)=O)c2)CCN1C(=O)c1ccc(O[C@H]2CCNC2)c(C2CCCCC2)c1. The molecule has 1 unspecified atom stereocenters. The third-order valence-electron chi connectivity index (χ3n) is 8.55. The van der Waals surface area contributed by atoms with Gasteiger partial charge in [0, 0.05) is 50.4 Å². The van der Waals surface area contributed by atoms with Crippen molar-refractivity contribution in [2.24, 2.45) is 0 Å². The van der Waals surface area contributed by atoms with E-state index in [9.17, 15) is 23.6 Å². The number of halogens is 1. The maximum atomic E-state index is 14.3. The lowest BCUT2D eigenvalue weighted by atomic mass is 9.83. The minimum Gasteiger partial charge on any atom is -0.489 e. The lowest BCUT2D eigenvalue weighted by Crippen LogP contribution is -2.61. The van der Waals surface area contributed by atoms with Gasteiger partial charge in [-0.15, -0.1) is 0 Å². The van der Waals surface area contributed by atoms with Crippen molar-refractivity contribution in [2.45, 2.75) is 63.5 Å². The first kappa shape index (κ1) is 30.5. The molecule has 3 fully saturated rings. The molecule has 2 saturated heterocycles. The average molecular weight is 594 g/mol. The second kappa shape index (κ2) is 13.5. The van der Waals surface area contributed by atoms with Crippen LogP contribution in [0.3, 0.4) is 0 Å². The van der Waals surface area contributed by atoms with E-state index in [4.69, 9.17) is 4.74 Å². The predicted octanol–water partition coefficient (Wildman–Crippen LogP) is 3.29. The molecule has 2 aromatic rings. The van der Waals surface area contributed by atoms with Crippen LogP contribution in [-0.4, -0.2) is 85.3 Å². The summed E-state index contributed by atoms with van der Waals surface area (Å²) in [4.78, 5) is 54.8. The third kappa shape index (κ3) is 7.15. The highest BCUT2D eigenvalue weighted by atomic mass is 19.1. The van der Waals surface area contributed by atoms with E-state index >= 15 is 0 Å². The fraction of sp³-hybridized carbons (Fsp3) is 0.500. The van der Waals surface area contributed by atoms with Crippen molar-refractivity contribution in [3.63, 3.8) is 0 Å². The minimum absolute atomic E-state index is 0.0457. The van der Waals surface area contributed by atoms with Crippen molar-refractivity contribution >= 4 is 29.3 Å². The first-order chi connectivity index (χ1) is 20.7. The van der Waals surface area contributed by atoms with Gasteiger partial charge in [-0.05, 0) is 73.7 Å². The number of amides is 4. The summed E-state index contributed by atoms with van der Waals surface area (Å²) < 4.78 is 20.7. The van der Waals surface area contributed by atoms with E-state index in [1.807, 2.05) is 12.1 Å². The summed E-state index contributed by atoms with van der Waals surface area (Å²) in [5.74, 6) is -1.10. The number of hydrogen-bond acceptors (Lipinski definition) is 6. The maximum Gasteiger partial charge on any atom is 0.254 e. The Kier molecular flexibility index (Phi) is 9.59. The van der Waals surface area contributed by atoms with Gasteiger partial charge >= 0.3 is 0 Å². The van der Waals surface area contributed by atoms with Crippen LogP contribution in [0.1, 0.15) is 77.6 Å². The fourth-order valence-corrected chi connectivity index (χ4v) is 6.37. The Balaban J connectivity index is 1.37. The van der Waals surface area contributed by atoms with Crippen molar-refractivity contribution in [1.82, 2.24) is 20.4 Å². The quantitative estimate of drug-likeness (QED) is 0.453. The second-order valence-electron chi connectivity index (χ2n) is 11.6. The first-order valence-corrected chi connectivity index (χ1v) is 15.1. The minimum atomic E-state index is -0.933. The van der Waals surface area contributed by atoms with Gasteiger partial charge in [0.1, 0.15) is 23.7 Å². The van der Waals surface area contributed by atoms with Gasteiger partial charge < -0.3 is 30.5 Å². The molecular weight excluding hydrogens is 553 g/mol. The van der Waals surface area contributed by atoms with Gasteiger partial charge in [-0.3, -0.25) is 19.2 Å². The highest BCUT2D eigenvalue weighted by Gasteiger charge is 2.38. The number of carbonyl (C=O) groups excluding carboxylic acids is 4. The maximum absolute atomic E-state index is 14.3. The first-order valence-electron chi connectivity index (χ1n) is 15.1. The number of ether oxygens (including phenoxy) is 1. The zero-order valence-electron chi connectivity index (χ0n) is 24.8. The number of likely N-dealkylation sites (N-methyl/N-ethyl adjacent to an activating group) is 1. The Hall–Kier alpha value is -3.99. The summed E-state index contributed by atoms with van der Waals surface area (Å²) in [5, 5.41) is 8.44. The van der Waals surface area contributed by atoms with Crippen LogP contribution in [0.5, 0.6) is 5.75 Å². The van der Waals surface area contributed by atoms with Gasteiger partial charge in [-0.2, -0.15) is 0 Å². The van der Waals surface area contributed by atoms with Crippen LogP contribution in [-0.2, 0) is 9.59 Å². The molecule has 10 nitrogen and oxygen atoms in total. The number of nitrogens with zero attached hydrogens (tertiary/aromatic N) is 2. The monoisotopic (exact) mass is 593 g/mol. The molecule has 0 bridgehead atoms. The Morgan fingerprint density at radius 2 is 1.74 bits per heavy atom. The van der Waals surface area contributed by atoms with Crippen LogP contribution in [0.25, 0.3) is 0 Å². The molecule has 3 N–H and O–H groups in total. The van der Waals surface area contributed by atoms with E-state index in [0.717, 1.165) is 68.6 Å². The van der Waals surface area contributed by atoms with Crippen molar-refractivity contribution in [2.75, 3.05) is 45.1 Å². The Morgan fingerprint density at radius 1 is 0.953 bits per heavy atom. The van der Waals surface area contributed by atoms with Crippen molar-refractivity contribution in [1.29, 1.82) is 0 Å². The topological polar surface area (TPSA) is 120 Å². The molecule has 3 aliphatic rings. The van der Waals surface area contributed by atoms with E-state index in [-0.39, 0.29) is 42.9 Å². The standard InChI is InChI=1S/C32H40FN5O5/c1-20(39)36-25-15-23(14-24(33)17-25)31(41)37-12-13-38(28(19-37)30(40)34-2)32(42)22-8-9-29(43-26-10-11-35-18-26)27(16-22)21-6-4-3-5-7-21/h8-9,14-17,21,26,28,35H,3-7,10-13,18-19H2,1-2H3,(H,34,40)(H,36,39)/t26-,28?/m0/s1. The van der Waals surface area contributed by atoms with E-state index in [0.29, 0.717) is 11.5 Å². The van der Waals surface area contributed by atoms with Gasteiger partial charge in [0.25, 0.3) is 11.8 Å². The van der Waals surface area contributed by atoms with Crippen LogP contribution < -0.4 is 20.7 Å². The molecule has 5 rings (SSSR count). The highest BCUT2D eigenvalue weighted by Crippen LogP contribution is 2.39. The molecule has 0 spiro atoms. The second-order valence-corrected chi connectivity index (χ2v) is 11.6. The largest absolute Gasteiger partial charge is 0.489 e. The molecule has 1 saturated carbocycles. The van der Waals surface area contributed by atoms with Crippen LogP contribution >= 0.6 is 0 Å². The molecule has 1 aliphatic carbocycles. The molecule has 2 atom stereocenters. The van der Waals surface area contributed by atoms with Gasteiger partial charge in [0.05, 0.1) is 6.54 Å². The Labute approximate surface area is 251 Å². The van der Waals surface area contributed by atoms with E-state index in [1.165, 1.54) is 36.3 Å².